The van der Waals surface area contributed by atoms with Crippen LogP contribution in [0.1, 0.15) is 20.8 Å². The second-order valence-electron chi connectivity index (χ2n) is 4.15. The number of rotatable bonds is 9. The molecular weight excluding hydrogens is 318 g/mol. The van der Waals surface area contributed by atoms with Gasteiger partial charge in [0.15, 0.2) is 11.4 Å². The lowest BCUT2D eigenvalue weighted by atomic mass is 10.3. The summed E-state index contributed by atoms with van der Waals surface area (Å²) >= 11 is 0. The molecule has 1 N–H and O–H groups in total. The van der Waals surface area contributed by atoms with E-state index >= 15 is 0 Å². The van der Waals surface area contributed by atoms with Gasteiger partial charge in [-0.15, -0.1) is 0 Å². The first-order chi connectivity index (χ1) is 11.6. The Hall–Kier alpha value is -2.84. The Labute approximate surface area is 140 Å². The summed E-state index contributed by atoms with van der Waals surface area (Å²) in [5.41, 5.74) is -0.284. The number of hydrogen-bond acceptors (Lipinski definition) is 9. The maximum atomic E-state index is 11.8. The number of methoxy groups -OCH3 is 1. The third kappa shape index (κ3) is 5.41. The van der Waals surface area contributed by atoms with Crippen LogP contribution in [-0.4, -0.2) is 48.8 Å². The maximum absolute atomic E-state index is 11.8. The highest BCUT2D eigenvalue weighted by Crippen LogP contribution is 2.23. The fourth-order valence-corrected chi connectivity index (χ4v) is 1.56. The fraction of sp³-hybridized carbons (Fsp3) is 0.467. The van der Waals surface area contributed by atoms with Crippen LogP contribution >= 0.6 is 0 Å². The third-order valence-corrected chi connectivity index (χ3v) is 2.54. The van der Waals surface area contributed by atoms with Gasteiger partial charge in [0.05, 0.1) is 33.1 Å². The number of anilines is 1. The van der Waals surface area contributed by atoms with E-state index in [9.17, 15) is 9.59 Å². The normalized spacial score (nSPS) is 9.67. The summed E-state index contributed by atoms with van der Waals surface area (Å²) in [6, 6.07) is 0. The van der Waals surface area contributed by atoms with Gasteiger partial charge in [-0.05, 0) is 20.8 Å². The predicted octanol–water partition coefficient (Wildman–Crippen LogP) is 1.31. The van der Waals surface area contributed by atoms with Gasteiger partial charge in [-0.1, -0.05) is 0 Å². The highest BCUT2D eigenvalue weighted by atomic mass is 16.6. The van der Waals surface area contributed by atoms with E-state index in [0.29, 0.717) is 6.61 Å². The summed E-state index contributed by atoms with van der Waals surface area (Å²) in [5, 5.41) is 2.69. The summed E-state index contributed by atoms with van der Waals surface area (Å²) in [6.07, 6.45) is 2.53. The molecule has 0 aliphatic rings. The molecule has 0 radical (unpaired) electrons. The van der Waals surface area contributed by atoms with Crippen LogP contribution in [0.5, 0.6) is 11.8 Å². The summed E-state index contributed by atoms with van der Waals surface area (Å²) in [6.45, 7) is 5.75. The van der Waals surface area contributed by atoms with Gasteiger partial charge < -0.3 is 24.3 Å². The quantitative estimate of drug-likeness (QED) is 0.308. The van der Waals surface area contributed by atoms with E-state index < -0.39 is 11.9 Å². The van der Waals surface area contributed by atoms with Crippen molar-refractivity contribution >= 4 is 17.8 Å². The fourth-order valence-electron chi connectivity index (χ4n) is 1.56. The van der Waals surface area contributed by atoms with Crippen molar-refractivity contribution in [3.8, 4) is 11.8 Å². The van der Waals surface area contributed by atoms with E-state index in [1.807, 2.05) is 0 Å². The van der Waals surface area contributed by atoms with Gasteiger partial charge in [-0.2, -0.15) is 4.98 Å². The zero-order valence-electron chi connectivity index (χ0n) is 14.1. The van der Waals surface area contributed by atoms with Crippen LogP contribution in [0.2, 0.25) is 0 Å². The smallest absolute Gasteiger partial charge is 0.347 e. The molecule has 132 valence electrons. The molecule has 0 aromatic carbocycles. The highest BCUT2D eigenvalue weighted by Gasteiger charge is 2.21. The number of hydrogen-bond donors (Lipinski definition) is 1. The van der Waals surface area contributed by atoms with Gasteiger partial charge in [0.2, 0.25) is 0 Å². The largest absolute Gasteiger partial charge is 0.477 e. The van der Waals surface area contributed by atoms with E-state index in [-0.39, 0.29) is 36.4 Å². The highest BCUT2D eigenvalue weighted by molar-refractivity contribution is 6.14. The first-order valence-corrected chi connectivity index (χ1v) is 7.42. The molecule has 0 atom stereocenters. The predicted molar refractivity (Wildman–Crippen MR) is 84.7 cm³/mol. The molecule has 0 spiro atoms. The number of nitrogens with one attached hydrogen (secondary N) is 1. The zero-order valence-corrected chi connectivity index (χ0v) is 14.1. The molecule has 9 nitrogen and oxygen atoms in total. The first-order valence-electron chi connectivity index (χ1n) is 7.42. The SMILES string of the molecule is CCOC(=O)C(=CNc1cnc(OCC)c(OC)n1)C(=O)OCC. The molecule has 24 heavy (non-hydrogen) atoms. The van der Waals surface area contributed by atoms with Crippen molar-refractivity contribution in [1.29, 1.82) is 0 Å². The third-order valence-electron chi connectivity index (χ3n) is 2.54. The van der Waals surface area contributed by atoms with Crippen LogP contribution in [-0.2, 0) is 19.1 Å². The molecule has 0 fully saturated rings. The molecule has 0 aliphatic heterocycles. The minimum Gasteiger partial charge on any atom is -0.477 e. The Morgan fingerprint density at radius 1 is 1.08 bits per heavy atom. The average molecular weight is 339 g/mol. The molecule has 1 heterocycles. The van der Waals surface area contributed by atoms with Crippen molar-refractivity contribution in [2.24, 2.45) is 0 Å². The average Bonchev–Trinajstić information content (AvgIpc) is 2.57. The summed E-state index contributed by atoms with van der Waals surface area (Å²) in [5.74, 6) is -0.931. The molecule has 1 rings (SSSR count). The van der Waals surface area contributed by atoms with Gasteiger partial charge in [0.1, 0.15) is 0 Å². The second-order valence-corrected chi connectivity index (χ2v) is 4.15. The minimum atomic E-state index is -0.797. The van der Waals surface area contributed by atoms with Crippen molar-refractivity contribution in [2.75, 3.05) is 32.2 Å². The number of esters is 2. The standard InChI is InChI=1S/C15H21N3O6/c1-5-22-12-13(21-4)18-11(9-17-12)16-8-10(14(19)23-6-2)15(20)24-7-3/h8-9H,5-7H2,1-4H3,(H,16,18). The summed E-state index contributed by atoms with van der Waals surface area (Å²) in [7, 11) is 1.43. The van der Waals surface area contributed by atoms with E-state index in [1.165, 1.54) is 13.3 Å². The molecular formula is C15H21N3O6. The maximum Gasteiger partial charge on any atom is 0.347 e. The van der Waals surface area contributed by atoms with Crippen molar-refractivity contribution in [1.82, 2.24) is 9.97 Å². The van der Waals surface area contributed by atoms with E-state index in [0.717, 1.165) is 6.20 Å². The van der Waals surface area contributed by atoms with E-state index in [1.54, 1.807) is 20.8 Å². The number of carbonyl (C=O) groups excluding carboxylic acids is 2. The molecule has 0 amide bonds. The lowest BCUT2D eigenvalue weighted by Gasteiger charge is -2.09. The Morgan fingerprint density at radius 3 is 2.21 bits per heavy atom. The van der Waals surface area contributed by atoms with Gasteiger partial charge >= 0.3 is 11.9 Å². The van der Waals surface area contributed by atoms with Crippen LogP contribution in [0, 0.1) is 0 Å². The summed E-state index contributed by atoms with van der Waals surface area (Å²) < 4.78 is 20.0. The van der Waals surface area contributed by atoms with Gasteiger partial charge in [0.25, 0.3) is 11.8 Å². The first kappa shape index (κ1) is 19.2. The topological polar surface area (TPSA) is 109 Å². The van der Waals surface area contributed by atoms with Crippen LogP contribution in [0.25, 0.3) is 0 Å². The lowest BCUT2D eigenvalue weighted by Crippen LogP contribution is -2.19. The molecule has 1 aromatic heterocycles. The number of nitrogens with zero attached hydrogens (tertiary/aromatic N) is 2. The van der Waals surface area contributed by atoms with Crippen LogP contribution in [0.3, 0.4) is 0 Å². The van der Waals surface area contributed by atoms with Crippen molar-refractivity contribution < 1.29 is 28.5 Å². The number of ether oxygens (including phenoxy) is 4. The molecule has 0 saturated carbocycles. The monoisotopic (exact) mass is 339 g/mol. The van der Waals surface area contributed by atoms with E-state index in [4.69, 9.17) is 18.9 Å². The van der Waals surface area contributed by atoms with Crippen molar-refractivity contribution in [3.63, 3.8) is 0 Å². The van der Waals surface area contributed by atoms with Gasteiger partial charge in [-0.25, -0.2) is 14.6 Å². The van der Waals surface area contributed by atoms with Crippen molar-refractivity contribution in [2.45, 2.75) is 20.8 Å². The Balaban J connectivity index is 2.99. The molecule has 9 heteroatoms. The molecule has 1 aromatic rings. The molecule has 0 saturated heterocycles. The Morgan fingerprint density at radius 2 is 1.71 bits per heavy atom. The number of carbonyl (C=O) groups is 2. The second kappa shape index (κ2) is 10.0. The van der Waals surface area contributed by atoms with Crippen LogP contribution in [0.4, 0.5) is 5.82 Å². The molecule has 0 unspecified atom stereocenters. The Kier molecular flexibility index (Phi) is 8.03. The minimum absolute atomic E-state index is 0.131. The zero-order chi connectivity index (χ0) is 17.9. The lowest BCUT2D eigenvalue weighted by molar-refractivity contribution is -0.146. The molecule has 0 aliphatic carbocycles. The van der Waals surface area contributed by atoms with Crippen LogP contribution in [0.15, 0.2) is 18.0 Å². The van der Waals surface area contributed by atoms with Crippen LogP contribution < -0.4 is 14.8 Å². The van der Waals surface area contributed by atoms with E-state index in [2.05, 4.69) is 15.3 Å². The molecule has 0 bridgehead atoms. The Bertz CT molecular complexity index is 583. The van der Waals surface area contributed by atoms with Crippen molar-refractivity contribution in [3.05, 3.63) is 18.0 Å². The van der Waals surface area contributed by atoms with Gasteiger partial charge in [0, 0.05) is 6.20 Å². The summed E-state index contributed by atoms with van der Waals surface area (Å²) in [4.78, 5) is 31.8. The number of aromatic nitrogens is 2. The van der Waals surface area contributed by atoms with Gasteiger partial charge in [-0.3, -0.25) is 0 Å².